The van der Waals surface area contributed by atoms with Gasteiger partial charge in [0.25, 0.3) is 0 Å². The number of hydrogen-bond donors (Lipinski definition) is 0. The molecule has 0 aliphatic heterocycles. The van der Waals surface area contributed by atoms with E-state index < -0.39 is 0 Å². The highest BCUT2D eigenvalue weighted by molar-refractivity contribution is 5.78. The number of aryl methyl sites for hydroxylation is 1. The molecule has 0 fully saturated rings. The Morgan fingerprint density at radius 2 is 1.17 bits per heavy atom. The highest BCUT2D eigenvalue weighted by Gasteiger charge is 2.16. The predicted octanol–water partition coefficient (Wildman–Crippen LogP) is 6.28. The van der Waals surface area contributed by atoms with Gasteiger partial charge in [0, 0.05) is 17.1 Å². The summed E-state index contributed by atoms with van der Waals surface area (Å²) >= 11 is 0. The van der Waals surface area contributed by atoms with Crippen molar-refractivity contribution < 1.29 is 0 Å². The fourth-order valence-corrected chi connectivity index (χ4v) is 3.15. The van der Waals surface area contributed by atoms with Gasteiger partial charge in [0.1, 0.15) is 0 Å². The minimum absolute atomic E-state index is 1.04. The molecular weight excluding hydrogens is 278 g/mol. The van der Waals surface area contributed by atoms with Crippen molar-refractivity contribution in [2.24, 2.45) is 0 Å². The Balaban J connectivity index is 2.21. The van der Waals surface area contributed by atoms with E-state index in [4.69, 9.17) is 0 Å². The van der Waals surface area contributed by atoms with Crippen molar-refractivity contribution in [2.75, 3.05) is 4.90 Å². The molecule has 0 aliphatic carbocycles. The number of rotatable bonds is 5. The van der Waals surface area contributed by atoms with E-state index in [-0.39, 0.29) is 0 Å². The number of benzene rings is 3. The first-order valence-corrected chi connectivity index (χ1v) is 8.36. The van der Waals surface area contributed by atoms with Crippen LogP contribution in [0.4, 0.5) is 17.1 Å². The zero-order valence-electron chi connectivity index (χ0n) is 13.9. The lowest BCUT2D eigenvalue weighted by molar-refractivity contribution is 1.03. The van der Waals surface area contributed by atoms with Crippen LogP contribution in [0.1, 0.15) is 25.0 Å². The minimum Gasteiger partial charge on any atom is -0.310 e. The molecule has 3 aromatic rings. The maximum atomic E-state index is 2.36. The second-order valence-corrected chi connectivity index (χ2v) is 5.63. The summed E-state index contributed by atoms with van der Waals surface area (Å²) in [6.07, 6.45) is 2.10. The monoisotopic (exact) mass is 301 g/mol. The van der Waals surface area contributed by atoms with Crippen LogP contribution in [0.5, 0.6) is 0 Å². The Labute approximate surface area is 139 Å². The van der Waals surface area contributed by atoms with E-state index in [1.54, 1.807) is 0 Å². The van der Waals surface area contributed by atoms with E-state index in [0.717, 1.165) is 12.8 Å². The largest absolute Gasteiger partial charge is 0.310 e. The fourth-order valence-electron chi connectivity index (χ4n) is 3.15. The van der Waals surface area contributed by atoms with E-state index in [1.165, 1.54) is 28.2 Å². The summed E-state index contributed by atoms with van der Waals surface area (Å²) in [5.74, 6) is 0. The molecule has 0 radical (unpaired) electrons. The molecule has 1 heteroatoms. The van der Waals surface area contributed by atoms with Crippen LogP contribution in [0.15, 0.2) is 78.9 Å². The smallest absolute Gasteiger partial charge is 0.0496 e. The van der Waals surface area contributed by atoms with Crippen molar-refractivity contribution in [3.8, 4) is 0 Å². The van der Waals surface area contributed by atoms with Gasteiger partial charge in [0.2, 0.25) is 0 Å². The van der Waals surface area contributed by atoms with Gasteiger partial charge in [-0.05, 0) is 54.3 Å². The summed E-state index contributed by atoms with van der Waals surface area (Å²) in [5.41, 5.74) is 6.54. The number of anilines is 3. The van der Waals surface area contributed by atoms with Gasteiger partial charge >= 0.3 is 0 Å². The highest BCUT2D eigenvalue weighted by atomic mass is 15.1. The normalized spacial score (nSPS) is 10.5. The van der Waals surface area contributed by atoms with Crippen LogP contribution in [0.3, 0.4) is 0 Å². The lowest BCUT2D eigenvalue weighted by atomic mass is 9.99. The van der Waals surface area contributed by atoms with Gasteiger partial charge in [-0.3, -0.25) is 0 Å². The molecule has 0 heterocycles. The van der Waals surface area contributed by atoms with Gasteiger partial charge in [-0.1, -0.05) is 62.4 Å². The topological polar surface area (TPSA) is 3.24 Å². The SMILES string of the molecule is CCc1cccc(N(c2ccccc2)c2ccccc2)c1CC. The molecule has 0 unspecified atom stereocenters. The first-order valence-electron chi connectivity index (χ1n) is 8.36. The third kappa shape index (κ3) is 3.14. The van der Waals surface area contributed by atoms with Crippen LogP contribution in [0.2, 0.25) is 0 Å². The summed E-state index contributed by atoms with van der Waals surface area (Å²) in [5, 5.41) is 0. The third-order valence-electron chi connectivity index (χ3n) is 4.25. The van der Waals surface area contributed by atoms with Crippen LogP contribution < -0.4 is 4.90 Å². The molecule has 0 aromatic heterocycles. The van der Waals surface area contributed by atoms with Crippen molar-refractivity contribution >= 4 is 17.1 Å². The van der Waals surface area contributed by atoms with Crippen LogP contribution in [0.25, 0.3) is 0 Å². The van der Waals surface area contributed by atoms with Crippen molar-refractivity contribution in [1.29, 1.82) is 0 Å². The molecule has 0 bridgehead atoms. The molecular formula is C22H23N. The molecule has 0 amide bonds. The zero-order chi connectivity index (χ0) is 16.1. The Morgan fingerprint density at radius 3 is 1.65 bits per heavy atom. The van der Waals surface area contributed by atoms with Crippen molar-refractivity contribution in [3.05, 3.63) is 90.0 Å². The van der Waals surface area contributed by atoms with Crippen molar-refractivity contribution in [1.82, 2.24) is 0 Å². The summed E-state index contributed by atoms with van der Waals surface area (Å²) < 4.78 is 0. The molecule has 3 rings (SSSR count). The van der Waals surface area contributed by atoms with E-state index in [1.807, 2.05) is 0 Å². The summed E-state index contributed by atoms with van der Waals surface area (Å²) in [7, 11) is 0. The molecule has 3 aromatic carbocycles. The van der Waals surface area contributed by atoms with Gasteiger partial charge in [0.05, 0.1) is 0 Å². The lowest BCUT2D eigenvalue weighted by Crippen LogP contribution is -2.13. The quantitative estimate of drug-likeness (QED) is 0.536. The number of nitrogens with zero attached hydrogens (tertiary/aromatic N) is 1. The Bertz CT molecular complexity index is 708. The van der Waals surface area contributed by atoms with Gasteiger partial charge in [-0.15, -0.1) is 0 Å². The molecule has 0 N–H and O–H groups in total. The average Bonchev–Trinajstić information content (AvgIpc) is 2.63. The molecule has 0 atom stereocenters. The molecule has 0 saturated heterocycles. The molecule has 0 spiro atoms. The first-order chi connectivity index (χ1) is 11.3. The molecule has 23 heavy (non-hydrogen) atoms. The predicted molar refractivity (Wildman–Crippen MR) is 99.9 cm³/mol. The van der Waals surface area contributed by atoms with Gasteiger partial charge in [-0.25, -0.2) is 0 Å². The maximum absolute atomic E-state index is 2.36. The van der Waals surface area contributed by atoms with E-state index in [0.29, 0.717) is 0 Å². The number of hydrogen-bond acceptors (Lipinski definition) is 1. The number of para-hydroxylation sites is 2. The zero-order valence-corrected chi connectivity index (χ0v) is 13.9. The highest BCUT2D eigenvalue weighted by Crippen LogP contribution is 2.37. The third-order valence-corrected chi connectivity index (χ3v) is 4.25. The second-order valence-electron chi connectivity index (χ2n) is 5.63. The summed E-state index contributed by atoms with van der Waals surface area (Å²) in [6, 6.07) is 27.9. The minimum atomic E-state index is 1.04. The van der Waals surface area contributed by atoms with Crippen LogP contribution >= 0.6 is 0 Å². The fraction of sp³-hybridized carbons (Fsp3) is 0.182. The van der Waals surface area contributed by atoms with Crippen molar-refractivity contribution in [3.63, 3.8) is 0 Å². The van der Waals surface area contributed by atoms with E-state index in [9.17, 15) is 0 Å². The van der Waals surface area contributed by atoms with E-state index >= 15 is 0 Å². The second kappa shape index (κ2) is 7.15. The molecule has 0 aliphatic rings. The Morgan fingerprint density at radius 1 is 0.609 bits per heavy atom. The Hall–Kier alpha value is -2.54. The van der Waals surface area contributed by atoms with Crippen molar-refractivity contribution in [2.45, 2.75) is 26.7 Å². The standard InChI is InChI=1S/C22H23N/c1-3-18-12-11-17-22(21(18)4-2)23(19-13-7-5-8-14-19)20-15-9-6-10-16-20/h5-17H,3-4H2,1-2H3. The van der Waals surface area contributed by atoms with Gasteiger partial charge in [-0.2, -0.15) is 0 Å². The van der Waals surface area contributed by atoms with Crippen LogP contribution in [-0.2, 0) is 12.8 Å². The van der Waals surface area contributed by atoms with Gasteiger partial charge < -0.3 is 4.90 Å². The molecule has 0 saturated carbocycles. The maximum Gasteiger partial charge on any atom is 0.0496 e. The van der Waals surface area contributed by atoms with E-state index in [2.05, 4.69) is 97.6 Å². The van der Waals surface area contributed by atoms with Crippen LogP contribution in [-0.4, -0.2) is 0 Å². The first kappa shape index (κ1) is 15.4. The van der Waals surface area contributed by atoms with Gasteiger partial charge in [0.15, 0.2) is 0 Å². The summed E-state index contributed by atoms with van der Waals surface area (Å²) in [4.78, 5) is 2.36. The Kier molecular flexibility index (Phi) is 4.77. The lowest BCUT2D eigenvalue weighted by Gasteiger charge is -2.28. The molecule has 116 valence electrons. The average molecular weight is 301 g/mol. The summed E-state index contributed by atoms with van der Waals surface area (Å²) in [6.45, 7) is 4.47. The van der Waals surface area contributed by atoms with Crippen LogP contribution in [0, 0.1) is 0 Å². The molecule has 1 nitrogen and oxygen atoms in total.